The Labute approximate surface area is 188 Å². The van der Waals surface area contributed by atoms with Crippen molar-refractivity contribution in [3.63, 3.8) is 0 Å². The van der Waals surface area contributed by atoms with Crippen molar-refractivity contribution in [2.45, 2.75) is 38.3 Å². The number of carbonyl (C=O) groups excluding carboxylic acids is 1. The summed E-state index contributed by atoms with van der Waals surface area (Å²) < 4.78 is 0. The van der Waals surface area contributed by atoms with Gasteiger partial charge in [0.1, 0.15) is 0 Å². The number of hydrogen-bond donors (Lipinski definition) is 2. The van der Waals surface area contributed by atoms with Crippen LogP contribution in [0.1, 0.15) is 37.7 Å². The van der Waals surface area contributed by atoms with Crippen LogP contribution in [0.3, 0.4) is 0 Å². The topological polar surface area (TPSA) is 92.9 Å². The van der Waals surface area contributed by atoms with Gasteiger partial charge in [0.05, 0.1) is 17.0 Å². The van der Waals surface area contributed by atoms with Crippen LogP contribution in [0, 0.1) is 17.4 Å². The van der Waals surface area contributed by atoms with Crippen LogP contribution in [0.4, 0.5) is 0 Å². The third kappa shape index (κ3) is 4.73. The SMILES string of the molecule is CN1C(=O)[C@H](NC(=NCC2CCCCC2)NC#N)N=C(c2ccccc2)C2=C=C=CC=C21. The van der Waals surface area contributed by atoms with E-state index in [9.17, 15) is 10.1 Å². The normalized spacial score (nSPS) is 21.1. The van der Waals surface area contributed by atoms with Gasteiger partial charge in [0.25, 0.3) is 5.91 Å². The number of nitrogens with zero attached hydrogens (tertiary/aromatic N) is 4. The summed E-state index contributed by atoms with van der Waals surface area (Å²) in [6.07, 6.45) is 10.5. The molecule has 2 aliphatic carbocycles. The predicted molar refractivity (Wildman–Crippen MR) is 123 cm³/mol. The monoisotopic (exact) mass is 426 g/mol. The van der Waals surface area contributed by atoms with Crippen LogP contribution in [0.25, 0.3) is 0 Å². The van der Waals surface area contributed by atoms with Crippen LogP contribution < -0.4 is 10.6 Å². The molecule has 162 valence electrons. The molecule has 32 heavy (non-hydrogen) atoms. The van der Waals surface area contributed by atoms with Crippen molar-refractivity contribution >= 4 is 17.6 Å². The Bertz CT molecular complexity index is 1100. The summed E-state index contributed by atoms with van der Waals surface area (Å²) in [4.78, 5) is 24.2. The molecule has 0 unspecified atom stereocenters. The predicted octanol–water partition coefficient (Wildman–Crippen LogP) is 3.00. The summed E-state index contributed by atoms with van der Waals surface area (Å²) in [5.41, 5.74) is 9.00. The number of fused-ring (bicyclic) bond motifs is 1. The third-order valence-corrected chi connectivity index (χ3v) is 5.93. The summed E-state index contributed by atoms with van der Waals surface area (Å²) in [5.74, 6) is 0.524. The van der Waals surface area contributed by atoms with E-state index in [0.717, 1.165) is 18.4 Å². The molecular weight excluding hydrogens is 400 g/mol. The highest BCUT2D eigenvalue weighted by molar-refractivity contribution is 6.17. The fourth-order valence-electron chi connectivity index (χ4n) is 4.20. The second kappa shape index (κ2) is 9.98. The molecule has 0 spiro atoms. The molecular formula is C25H26N6O. The molecule has 1 aromatic carbocycles. The average Bonchev–Trinajstić information content (AvgIpc) is 2.94. The Kier molecular flexibility index (Phi) is 6.67. The summed E-state index contributed by atoms with van der Waals surface area (Å²) in [7, 11) is 1.71. The van der Waals surface area contributed by atoms with Crippen molar-refractivity contribution in [2.75, 3.05) is 13.6 Å². The highest BCUT2D eigenvalue weighted by Crippen LogP contribution is 2.26. The van der Waals surface area contributed by atoms with Crippen molar-refractivity contribution < 1.29 is 4.79 Å². The van der Waals surface area contributed by atoms with Gasteiger partial charge in [-0.2, -0.15) is 5.26 Å². The second-order valence-electron chi connectivity index (χ2n) is 8.08. The molecule has 0 saturated heterocycles. The molecule has 7 nitrogen and oxygen atoms in total. The molecule has 1 aliphatic heterocycles. The molecule has 7 heteroatoms. The maximum atomic E-state index is 13.3. The van der Waals surface area contributed by atoms with Crippen molar-refractivity contribution in [3.05, 3.63) is 70.8 Å². The van der Waals surface area contributed by atoms with E-state index in [1.54, 1.807) is 18.0 Å². The number of amides is 1. The van der Waals surface area contributed by atoms with Crippen molar-refractivity contribution in [2.24, 2.45) is 15.9 Å². The lowest BCUT2D eigenvalue weighted by Crippen LogP contribution is -2.48. The first-order valence-corrected chi connectivity index (χ1v) is 11.0. The summed E-state index contributed by atoms with van der Waals surface area (Å²) in [5, 5.41) is 14.9. The number of carbonyl (C=O) groups is 1. The Morgan fingerprint density at radius 2 is 2.06 bits per heavy atom. The molecule has 1 amide bonds. The Hall–Kier alpha value is -3.84. The molecule has 1 fully saturated rings. The number of nitrogens with one attached hydrogen (secondary N) is 2. The average molecular weight is 427 g/mol. The quantitative estimate of drug-likeness (QED) is 0.254. The lowest BCUT2D eigenvalue weighted by Gasteiger charge is -2.23. The molecule has 1 atom stereocenters. The Morgan fingerprint density at radius 1 is 1.28 bits per heavy atom. The fraction of sp³-hybridized carbons (Fsp3) is 0.360. The maximum Gasteiger partial charge on any atom is 0.272 e. The van der Waals surface area contributed by atoms with Gasteiger partial charge in [0.2, 0.25) is 12.1 Å². The Balaban J connectivity index is 1.67. The van der Waals surface area contributed by atoms with Crippen LogP contribution >= 0.6 is 0 Å². The first-order valence-electron chi connectivity index (χ1n) is 11.0. The van der Waals surface area contributed by atoms with E-state index in [2.05, 4.69) is 27.1 Å². The number of likely N-dealkylation sites (N-methyl/N-ethyl adjacent to an activating group) is 1. The van der Waals surface area contributed by atoms with E-state index in [4.69, 9.17) is 4.99 Å². The first kappa shape index (κ1) is 21.4. The van der Waals surface area contributed by atoms with Crippen LogP contribution in [0.2, 0.25) is 0 Å². The molecule has 1 heterocycles. The van der Waals surface area contributed by atoms with Crippen molar-refractivity contribution in [1.82, 2.24) is 15.5 Å². The molecule has 0 bridgehead atoms. The van der Waals surface area contributed by atoms with Gasteiger partial charge < -0.3 is 10.2 Å². The van der Waals surface area contributed by atoms with Gasteiger partial charge in [-0.05, 0) is 30.9 Å². The number of allylic oxidation sites excluding steroid dienone is 3. The van der Waals surface area contributed by atoms with Crippen LogP contribution in [-0.4, -0.2) is 42.2 Å². The lowest BCUT2D eigenvalue weighted by atomic mass is 9.89. The highest BCUT2D eigenvalue weighted by atomic mass is 16.2. The molecule has 4 rings (SSSR count). The van der Waals surface area contributed by atoms with Crippen LogP contribution in [0.15, 0.2) is 75.2 Å². The van der Waals surface area contributed by atoms with E-state index in [1.165, 1.54) is 19.3 Å². The summed E-state index contributed by atoms with van der Waals surface area (Å²) >= 11 is 0. The van der Waals surface area contributed by atoms with Gasteiger partial charge in [0.15, 0.2) is 6.19 Å². The van der Waals surface area contributed by atoms with Gasteiger partial charge >= 0.3 is 0 Å². The fourth-order valence-corrected chi connectivity index (χ4v) is 4.20. The van der Waals surface area contributed by atoms with Crippen molar-refractivity contribution in [1.29, 1.82) is 5.26 Å². The van der Waals surface area contributed by atoms with E-state index in [0.29, 0.717) is 29.4 Å². The summed E-state index contributed by atoms with van der Waals surface area (Å²) in [6, 6.07) is 9.68. The molecule has 0 radical (unpaired) electrons. The minimum Gasteiger partial charge on any atom is -0.326 e. The highest BCUT2D eigenvalue weighted by Gasteiger charge is 2.33. The van der Waals surface area contributed by atoms with E-state index in [-0.39, 0.29) is 11.9 Å². The van der Waals surface area contributed by atoms with Gasteiger partial charge in [-0.25, -0.2) is 4.99 Å². The first-order chi connectivity index (χ1) is 15.7. The lowest BCUT2D eigenvalue weighted by molar-refractivity contribution is -0.129. The number of hydrogen-bond acceptors (Lipinski definition) is 4. The van der Waals surface area contributed by atoms with Crippen LogP contribution in [-0.2, 0) is 4.79 Å². The number of nitriles is 1. The van der Waals surface area contributed by atoms with E-state index in [1.807, 2.05) is 42.6 Å². The second-order valence-corrected chi connectivity index (χ2v) is 8.08. The molecule has 1 aromatic rings. The standard InChI is InChI=1S/C25H26N6O/c1-31-21-15-9-8-14-20(21)22(19-12-6-3-7-13-19)29-23(24(31)32)30-25(28-17-26)27-16-18-10-4-2-5-11-18/h3,6-7,9,12-13,15,18,23H,2,4-5,10-11,16H2,1H3,(H2,27,28,30)/t23-/m0/s1. The number of guanidine groups is 1. The van der Waals surface area contributed by atoms with Crippen molar-refractivity contribution in [3.8, 4) is 6.19 Å². The number of rotatable bonds is 4. The maximum absolute atomic E-state index is 13.3. The summed E-state index contributed by atoms with van der Waals surface area (Å²) in [6.45, 7) is 0.617. The minimum atomic E-state index is -0.943. The zero-order valence-electron chi connectivity index (χ0n) is 18.1. The van der Waals surface area contributed by atoms with Gasteiger partial charge in [-0.15, -0.1) is 0 Å². The van der Waals surface area contributed by atoms with E-state index < -0.39 is 6.17 Å². The van der Waals surface area contributed by atoms with Gasteiger partial charge in [0, 0.05) is 19.2 Å². The zero-order chi connectivity index (χ0) is 22.3. The molecule has 2 N–H and O–H groups in total. The van der Waals surface area contributed by atoms with Crippen LogP contribution in [0.5, 0.6) is 0 Å². The smallest absolute Gasteiger partial charge is 0.272 e. The number of benzene rings is 1. The van der Waals surface area contributed by atoms with Gasteiger partial charge in [-0.1, -0.05) is 61.1 Å². The number of aliphatic imine (C=N–C) groups is 2. The van der Waals surface area contributed by atoms with Gasteiger partial charge in [-0.3, -0.25) is 15.1 Å². The molecule has 1 saturated carbocycles. The zero-order valence-corrected chi connectivity index (χ0v) is 18.1. The Morgan fingerprint density at radius 3 is 2.81 bits per heavy atom. The minimum absolute atomic E-state index is 0.248. The molecule has 0 aromatic heterocycles. The molecule has 3 aliphatic rings. The van der Waals surface area contributed by atoms with E-state index >= 15 is 0 Å². The third-order valence-electron chi connectivity index (χ3n) is 5.93. The largest absolute Gasteiger partial charge is 0.326 e.